The Morgan fingerprint density at radius 1 is 1.44 bits per heavy atom. The summed E-state index contributed by atoms with van der Waals surface area (Å²) in [7, 11) is 0. The number of rotatable bonds is 3. The fraction of sp³-hybridized carbons (Fsp3) is 0.917. The van der Waals surface area contributed by atoms with Crippen molar-refractivity contribution in [1.82, 2.24) is 10.6 Å². The molecule has 1 aliphatic heterocycles. The van der Waals surface area contributed by atoms with E-state index in [1.54, 1.807) is 0 Å². The van der Waals surface area contributed by atoms with Crippen LogP contribution in [0.25, 0.3) is 0 Å². The molecule has 0 aliphatic carbocycles. The van der Waals surface area contributed by atoms with Gasteiger partial charge in [-0.25, -0.2) is 4.79 Å². The zero-order valence-electron chi connectivity index (χ0n) is 10.8. The van der Waals surface area contributed by atoms with Gasteiger partial charge in [-0.15, -0.1) is 0 Å². The van der Waals surface area contributed by atoms with Gasteiger partial charge in [0.2, 0.25) is 0 Å². The highest BCUT2D eigenvalue weighted by atomic mass is 16.6. The number of alkyl carbamates (subject to hydrolysis) is 1. The first kappa shape index (κ1) is 13.3. The Hall–Kier alpha value is -0.770. The first-order valence-electron chi connectivity index (χ1n) is 6.12. The molecule has 16 heavy (non-hydrogen) atoms. The van der Waals surface area contributed by atoms with Crippen LogP contribution in [0.1, 0.15) is 40.5 Å². The van der Waals surface area contributed by atoms with Crippen LogP contribution in [0.4, 0.5) is 4.79 Å². The third-order valence-corrected chi connectivity index (χ3v) is 2.70. The molecule has 4 nitrogen and oxygen atoms in total. The van der Waals surface area contributed by atoms with E-state index in [9.17, 15) is 4.79 Å². The molecule has 1 fully saturated rings. The minimum Gasteiger partial charge on any atom is -0.444 e. The van der Waals surface area contributed by atoms with Crippen molar-refractivity contribution in [2.45, 2.75) is 52.2 Å². The first-order chi connectivity index (χ1) is 7.42. The van der Waals surface area contributed by atoms with Crippen LogP contribution in [0, 0.1) is 5.92 Å². The van der Waals surface area contributed by atoms with Crippen LogP contribution in [0.2, 0.25) is 0 Å². The molecule has 0 spiro atoms. The van der Waals surface area contributed by atoms with Crippen molar-refractivity contribution in [3.05, 3.63) is 0 Å². The minimum absolute atomic E-state index is 0.217. The SMILES string of the molecule is CCC[C@H]1CNC[C@@H]1NC(=O)OC(C)(C)C. The molecule has 0 aromatic carbocycles. The predicted octanol–water partition coefficient (Wildman–Crippen LogP) is 1.90. The lowest BCUT2D eigenvalue weighted by Gasteiger charge is -2.24. The summed E-state index contributed by atoms with van der Waals surface area (Å²) in [5.41, 5.74) is -0.420. The highest BCUT2D eigenvalue weighted by Gasteiger charge is 2.29. The van der Waals surface area contributed by atoms with Gasteiger partial charge in [0.05, 0.1) is 0 Å². The summed E-state index contributed by atoms with van der Waals surface area (Å²) < 4.78 is 5.25. The van der Waals surface area contributed by atoms with Crippen LogP contribution in [0.15, 0.2) is 0 Å². The van der Waals surface area contributed by atoms with E-state index in [2.05, 4.69) is 17.6 Å². The Kier molecular flexibility index (Phi) is 4.59. The number of hydrogen-bond donors (Lipinski definition) is 2. The van der Waals surface area contributed by atoms with Crippen molar-refractivity contribution in [3.63, 3.8) is 0 Å². The Morgan fingerprint density at radius 3 is 2.69 bits per heavy atom. The molecule has 4 heteroatoms. The lowest BCUT2D eigenvalue weighted by Crippen LogP contribution is -2.43. The van der Waals surface area contributed by atoms with Crippen LogP contribution in [0.3, 0.4) is 0 Å². The quantitative estimate of drug-likeness (QED) is 0.775. The smallest absolute Gasteiger partial charge is 0.407 e. The largest absolute Gasteiger partial charge is 0.444 e. The normalized spacial score (nSPS) is 25.5. The van der Waals surface area contributed by atoms with Gasteiger partial charge in [0.15, 0.2) is 0 Å². The molecule has 2 N–H and O–H groups in total. The average Bonchev–Trinajstić information content (AvgIpc) is 2.50. The zero-order chi connectivity index (χ0) is 12.2. The maximum absolute atomic E-state index is 11.6. The van der Waals surface area contributed by atoms with Gasteiger partial charge < -0.3 is 15.4 Å². The van der Waals surface area contributed by atoms with E-state index >= 15 is 0 Å². The maximum atomic E-state index is 11.6. The van der Waals surface area contributed by atoms with E-state index < -0.39 is 5.60 Å². The molecular weight excluding hydrogens is 204 g/mol. The lowest BCUT2D eigenvalue weighted by molar-refractivity contribution is 0.0496. The second-order valence-corrected chi connectivity index (χ2v) is 5.46. The zero-order valence-corrected chi connectivity index (χ0v) is 10.8. The van der Waals surface area contributed by atoms with Crippen molar-refractivity contribution in [2.75, 3.05) is 13.1 Å². The Labute approximate surface area is 98.1 Å². The third-order valence-electron chi connectivity index (χ3n) is 2.70. The molecule has 1 aliphatic rings. The monoisotopic (exact) mass is 228 g/mol. The molecule has 2 atom stereocenters. The summed E-state index contributed by atoms with van der Waals surface area (Å²) in [4.78, 5) is 11.6. The molecule has 1 saturated heterocycles. The fourth-order valence-corrected chi connectivity index (χ4v) is 2.04. The molecule has 0 bridgehead atoms. The summed E-state index contributed by atoms with van der Waals surface area (Å²) in [5, 5.41) is 6.25. The van der Waals surface area contributed by atoms with Crippen molar-refractivity contribution in [3.8, 4) is 0 Å². The highest BCUT2D eigenvalue weighted by molar-refractivity contribution is 5.68. The summed E-state index contributed by atoms with van der Waals surface area (Å²) in [6.45, 7) is 9.65. The molecule has 1 rings (SSSR count). The van der Waals surface area contributed by atoms with Gasteiger partial charge in [-0.1, -0.05) is 13.3 Å². The van der Waals surface area contributed by atoms with Gasteiger partial charge in [0.1, 0.15) is 5.60 Å². The minimum atomic E-state index is -0.420. The van der Waals surface area contributed by atoms with Crippen molar-refractivity contribution in [2.24, 2.45) is 5.92 Å². The molecule has 0 saturated carbocycles. The molecule has 94 valence electrons. The fourth-order valence-electron chi connectivity index (χ4n) is 2.04. The molecular formula is C12H24N2O2. The van der Waals surface area contributed by atoms with E-state index in [4.69, 9.17) is 4.74 Å². The van der Waals surface area contributed by atoms with Gasteiger partial charge in [-0.2, -0.15) is 0 Å². The molecule has 1 amide bonds. The highest BCUT2D eigenvalue weighted by Crippen LogP contribution is 2.16. The number of nitrogens with one attached hydrogen (secondary N) is 2. The average molecular weight is 228 g/mol. The Morgan fingerprint density at radius 2 is 2.12 bits per heavy atom. The number of carbonyl (C=O) groups is 1. The standard InChI is InChI=1S/C12H24N2O2/c1-5-6-9-7-13-8-10(9)14-11(15)16-12(2,3)4/h9-10,13H,5-8H2,1-4H3,(H,14,15)/t9-,10-/m0/s1. The van der Waals surface area contributed by atoms with E-state index in [-0.39, 0.29) is 12.1 Å². The summed E-state index contributed by atoms with van der Waals surface area (Å²) in [6, 6.07) is 0.217. The van der Waals surface area contributed by atoms with Crippen molar-refractivity contribution >= 4 is 6.09 Å². The van der Waals surface area contributed by atoms with Crippen LogP contribution >= 0.6 is 0 Å². The molecule has 0 unspecified atom stereocenters. The van der Waals surface area contributed by atoms with Crippen LogP contribution < -0.4 is 10.6 Å². The predicted molar refractivity (Wildman–Crippen MR) is 64.4 cm³/mol. The maximum Gasteiger partial charge on any atom is 0.407 e. The molecule has 0 radical (unpaired) electrons. The van der Waals surface area contributed by atoms with Gasteiger partial charge in [0.25, 0.3) is 0 Å². The summed E-state index contributed by atoms with van der Waals surface area (Å²) in [6.07, 6.45) is 1.99. The van der Waals surface area contributed by atoms with Crippen molar-refractivity contribution in [1.29, 1.82) is 0 Å². The van der Waals surface area contributed by atoms with E-state index in [1.165, 1.54) is 0 Å². The second-order valence-electron chi connectivity index (χ2n) is 5.46. The number of ether oxygens (including phenoxy) is 1. The Bertz CT molecular complexity index is 236. The number of amides is 1. The number of hydrogen-bond acceptors (Lipinski definition) is 3. The second kappa shape index (κ2) is 5.53. The first-order valence-corrected chi connectivity index (χ1v) is 6.12. The topological polar surface area (TPSA) is 50.4 Å². The summed E-state index contributed by atoms with van der Waals surface area (Å²) in [5.74, 6) is 0.539. The third kappa shape index (κ3) is 4.39. The lowest BCUT2D eigenvalue weighted by atomic mass is 9.98. The van der Waals surface area contributed by atoms with Gasteiger partial charge >= 0.3 is 6.09 Å². The van der Waals surface area contributed by atoms with Crippen molar-refractivity contribution < 1.29 is 9.53 Å². The van der Waals surface area contributed by atoms with Crippen LogP contribution in [0.5, 0.6) is 0 Å². The van der Waals surface area contributed by atoms with Crippen LogP contribution in [-0.4, -0.2) is 30.8 Å². The Balaban J connectivity index is 2.38. The molecule has 1 heterocycles. The summed E-state index contributed by atoms with van der Waals surface area (Å²) >= 11 is 0. The molecule has 0 aromatic heterocycles. The van der Waals surface area contributed by atoms with Gasteiger partial charge in [-0.3, -0.25) is 0 Å². The van der Waals surface area contributed by atoms with E-state index in [0.29, 0.717) is 5.92 Å². The van der Waals surface area contributed by atoms with Gasteiger partial charge in [0, 0.05) is 19.1 Å². The molecule has 0 aromatic rings. The van der Waals surface area contributed by atoms with Crippen LogP contribution in [-0.2, 0) is 4.74 Å². The van der Waals surface area contributed by atoms with E-state index in [0.717, 1.165) is 25.9 Å². The number of carbonyl (C=O) groups excluding carboxylic acids is 1. The van der Waals surface area contributed by atoms with E-state index in [1.807, 2.05) is 20.8 Å². The van der Waals surface area contributed by atoms with Gasteiger partial charge in [-0.05, 0) is 33.1 Å².